The van der Waals surface area contributed by atoms with Gasteiger partial charge in [0.15, 0.2) is 17.8 Å². The normalized spacial score (nSPS) is 21.5. The van der Waals surface area contributed by atoms with Crippen LogP contribution in [0.2, 0.25) is 0 Å². The van der Waals surface area contributed by atoms with Gasteiger partial charge in [-0.1, -0.05) is 44.2 Å². The topological polar surface area (TPSA) is 185 Å². The number of fused-ring (bicyclic) bond motifs is 2. The fraction of sp³-hybridized carbons (Fsp3) is 0.576. The third kappa shape index (κ3) is 9.29. The second kappa shape index (κ2) is 15.7. The maximum absolute atomic E-state index is 14.2. The van der Waals surface area contributed by atoms with E-state index in [9.17, 15) is 23.1 Å². The second-order valence-corrected chi connectivity index (χ2v) is 15.0. The van der Waals surface area contributed by atoms with Crippen LogP contribution in [0.4, 0.5) is 9.59 Å². The van der Waals surface area contributed by atoms with Crippen molar-refractivity contribution >= 4 is 22.2 Å². The van der Waals surface area contributed by atoms with Crippen LogP contribution in [0.5, 0.6) is 11.5 Å². The molecule has 2 aromatic rings. The fourth-order valence-electron chi connectivity index (χ4n) is 6.23. The molecule has 0 radical (unpaired) electrons. The lowest BCUT2D eigenvalue weighted by molar-refractivity contribution is -0.0907. The number of nitrogens with two attached hydrogens (primary N) is 1. The number of carbonyl (C=O) groups is 2. The number of ether oxygens (including phenoxy) is 6. The summed E-state index contributed by atoms with van der Waals surface area (Å²) in [5, 5.41) is 14.5. The Morgan fingerprint density at radius 3 is 2.65 bits per heavy atom. The minimum atomic E-state index is -4.18. The Labute approximate surface area is 280 Å². The molecule has 3 heterocycles. The zero-order chi connectivity index (χ0) is 34.3. The van der Waals surface area contributed by atoms with Gasteiger partial charge < -0.3 is 44.6 Å². The predicted molar refractivity (Wildman–Crippen MR) is 172 cm³/mol. The summed E-state index contributed by atoms with van der Waals surface area (Å²) >= 11 is 0. The highest BCUT2D eigenvalue weighted by Gasteiger charge is 2.44. The molecule has 0 bridgehead atoms. The summed E-state index contributed by atoms with van der Waals surface area (Å²) in [6.07, 6.45) is -1.10. The van der Waals surface area contributed by atoms with Crippen LogP contribution in [0.3, 0.4) is 0 Å². The number of sulfonamides is 1. The van der Waals surface area contributed by atoms with Crippen molar-refractivity contribution in [2.75, 3.05) is 39.7 Å². The van der Waals surface area contributed by atoms with E-state index < -0.39 is 52.2 Å². The molecule has 3 aliphatic rings. The number of aliphatic hydroxyl groups excluding tert-OH is 1. The molecule has 2 aromatic carbocycles. The Morgan fingerprint density at radius 2 is 1.88 bits per heavy atom. The summed E-state index contributed by atoms with van der Waals surface area (Å²) in [4.78, 5) is 24.1. The Kier molecular flexibility index (Phi) is 11.7. The Morgan fingerprint density at radius 1 is 1.10 bits per heavy atom. The van der Waals surface area contributed by atoms with Crippen LogP contribution >= 0.6 is 0 Å². The lowest BCUT2D eigenvalue weighted by Gasteiger charge is -2.35. The zero-order valence-corrected chi connectivity index (χ0v) is 28.1. The van der Waals surface area contributed by atoms with Crippen LogP contribution in [0.1, 0.15) is 45.1 Å². The van der Waals surface area contributed by atoms with Gasteiger partial charge >= 0.3 is 12.2 Å². The zero-order valence-electron chi connectivity index (χ0n) is 27.2. The summed E-state index contributed by atoms with van der Waals surface area (Å²) < 4.78 is 62.2. The monoisotopic (exact) mass is 691 g/mol. The number of hydrogen-bond donors (Lipinski definition) is 3. The number of aliphatic hydroxyl groups is 1. The number of hydrogen-bond acceptors (Lipinski definition) is 11. The molecule has 2 saturated heterocycles. The van der Waals surface area contributed by atoms with Gasteiger partial charge in [0.1, 0.15) is 6.10 Å². The quantitative estimate of drug-likeness (QED) is 0.220. The van der Waals surface area contributed by atoms with Crippen LogP contribution in [0, 0.1) is 11.3 Å². The first-order valence-electron chi connectivity index (χ1n) is 16.2. The summed E-state index contributed by atoms with van der Waals surface area (Å²) in [5.41, 5.74) is 5.33. The first-order valence-corrected chi connectivity index (χ1v) is 17.6. The van der Waals surface area contributed by atoms with Gasteiger partial charge in [-0.25, -0.2) is 18.0 Å². The van der Waals surface area contributed by atoms with E-state index in [0.29, 0.717) is 43.8 Å². The van der Waals surface area contributed by atoms with Gasteiger partial charge in [0.05, 0.1) is 42.8 Å². The standard InChI is InChI=1S/C33H45N3O11S/c1-33(2,13-6-7-14-43-31(34)38)20-36(48(40,41)23-10-11-27-28(17-23)46-21-45-27)18-26(37)25(16-22-8-4-3-5-9-22)35-32(39)47-29-19-44-30-24(29)12-15-42-30/h3-5,8-11,17,24-26,29-30,37H,6-7,12-16,18-21H2,1-2H3,(H2,34,38)(H,35,39)/t24-,25-,26+,29-,30+/m0/s1. The molecule has 0 saturated carbocycles. The van der Waals surface area contributed by atoms with E-state index in [4.69, 9.17) is 34.2 Å². The van der Waals surface area contributed by atoms with Crippen LogP contribution in [0.15, 0.2) is 53.4 Å². The van der Waals surface area contributed by atoms with E-state index in [1.165, 1.54) is 22.5 Å². The summed E-state index contributed by atoms with van der Waals surface area (Å²) in [6, 6.07) is 12.8. The van der Waals surface area contributed by atoms with Gasteiger partial charge in [-0.3, -0.25) is 0 Å². The number of primary amides is 1. The number of amides is 2. The smallest absolute Gasteiger partial charge is 0.407 e. The number of alkyl carbamates (subject to hydrolysis) is 1. The molecule has 3 aliphatic heterocycles. The van der Waals surface area contributed by atoms with E-state index in [1.54, 1.807) is 0 Å². The third-order valence-corrected chi connectivity index (χ3v) is 10.6. The first kappa shape index (κ1) is 35.7. The molecule has 0 spiro atoms. The highest BCUT2D eigenvalue weighted by atomic mass is 32.2. The van der Waals surface area contributed by atoms with Crippen molar-refractivity contribution < 1.29 is 51.5 Å². The van der Waals surface area contributed by atoms with Gasteiger partial charge in [-0.2, -0.15) is 4.31 Å². The minimum absolute atomic E-state index is 0.0158. The molecule has 0 aromatic heterocycles. The van der Waals surface area contributed by atoms with Crippen LogP contribution in [0.25, 0.3) is 0 Å². The largest absolute Gasteiger partial charge is 0.454 e. The van der Waals surface area contributed by atoms with Gasteiger partial charge in [0, 0.05) is 19.2 Å². The molecular weight excluding hydrogens is 646 g/mol. The van der Waals surface area contributed by atoms with Gasteiger partial charge in [-0.05, 0) is 55.2 Å². The molecule has 264 valence electrons. The summed E-state index contributed by atoms with van der Waals surface area (Å²) in [7, 11) is -4.18. The Balaban J connectivity index is 1.35. The van der Waals surface area contributed by atoms with Gasteiger partial charge in [0.25, 0.3) is 0 Å². The average molecular weight is 692 g/mol. The third-order valence-electron chi connectivity index (χ3n) is 8.78. The van der Waals surface area contributed by atoms with E-state index in [0.717, 1.165) is 5.56 Å². The van der Waals surface area contributed by atoms with Gasteiger partial charge in [0.2, 0.25) is 16.8 Å². The van der Waals surface area contributed by atoms with E-state index in [2.05, 4.69) is 5.32 Å². The van der Waals surface area contributed by atoms with Crippen molar-refractivity contribution in [1.29, 1.82) is 0 Å². The molecule has 2 amide bonds. The van der Waals surface area contributed by atoms with Gasteiger partial charge in [-0.15, -0.1) is 0 Å². The maximum atomic E-state index is 14.2. The number of benzene rings is 2. The SMILES string of the molecule is CC(C)(CCCCOC(N)=O)CN(C[C@@H](O)[C@H](Cc1ccccc1)NC(=O)O[C@H]1CO[C@H]2OCC[C@H]21)S(=O)(=O)c1ccc2c(c1)OCO2. The lowest BCUT2D eigenvalue weighted by Crippen LogP contribution is -2.52. The maximum Gasteiger partial charge on any atom is 0.407 e. The van der Waals surface area contributed by atoms with Crippen molar-refractivity contribution in [3.05, 3.63) is 54.1 Å². The molecule has 4 N–H and O–H groups in total. The Hall–Kier alpha value is -3.63. The predicted octanol–water partition coefficient (Wildman–Crippen LogP) is 3.16. The number of rotatable bonds is 16. The molecule has 0 aliphatic carbocycles. The van der Waals surface area contributed by atoms with Crippen molar-refractivity contribution in [2.45, 2.75) is 75.4 Å². The highest BCUT2D eigenvalue weighted by Crippen LogP contribution is 2.36. The van der Waals surface area contributed by atoms with Crippen LogP contribution in [-0.2, 0) is 35.4 Å². The number of carbonyl (C=O) groups excluding carboxylic acids is 2. The molecule has 48 heavy (non-hydrogen) atoms. The van der Waals surface area contributed by atoms with Crippen molar-refractivity contribution in [3.63, 3.8) is 0 Å². The first-order chi connectivity index (χ1) is 22.9. The minimum Gasteiger partial charge on any atom is -0.454 e. The molecule has 5 atom stereocenters. The van der Waals surface area contributed by atoms with Crippen molar-refractivity contribution in [2.24, 2.45) is 17.1 Å². The summed E-state index contributed by atoms with van der Waals surface area (Å²) in [6.45, 7) is 4.45. The molecule has 2 fully saturated rings. The lowest BCUT2D eigenvalue weighted by atomic mass is 9.87. The van der Waals surface area contributed by atoms with Crippen molar-refractivity contribution in [1.82, 2.24) is 9.62 Å². The fourth-order valence-corrected chi connectivity index (χ4v) is 7.89. The highest BCUT2D eigenvalue weighted by molar-refractivity contribution is 7.89. The van der Waals surface area contributed by atoms with Crippen LogP contribution in [-0.4, -0.2) is 94.3 Å². The molecule has 15 heteroatoms. The number of nitrogens with one attached hydrogen (secondary N) is 1. The molecular formula is C33H45N3O11S. The van der Waals surface area contributed by atoms with E-state index >= 15 is 0 Å². The molecule has 5 rings (SSSR count). The van der Waals surface area contributed by atoms with E-state index in [1.807, 2.05) is 44.2 Å². The molecule has 14 nitrogen and oxygen atoms in total. The van der Waals surface area contributed by atoms with Crippen molar-refractivity contribution in [3.8, 4) is 11.5 Å². The number of unbranched alkanes of at least 4 members (excludes halogenated alkanes) is 1. The van der Waals surface area contributed by atoms with E-state index in [-0.39, 0.29) is 50.3 Å². The average Bonchev–Trinajstić information content (AvgIpc) is 3.79. The summed E-state index contributed by atoms with van der Waals surface area (Å²) in [5.74, 6) is 0.676. The molecule has 0 unspecified atom stereocenters. The Bertz CT molecular complexity index is 1510. The van der Waals surface area contributed by atoms with Crippen LogP contribution < -0.4 is 20.5 Å². The number of nitrogens with zero attached hydrogens (tertiary/aromatic N) is 1. The second-order valence-electron chi connectivity index (χ2n) is 13.1.